The first kappa shape index (κ1) is 31.3. The van der Waals surface area contributed by atoms with Gasteiger partial charge < -0.3 is 20.1 Å². The largest absolute Gasteiger partial charge is 0.487 e. The Bertz CT molecular complexity index is 1530. The minimum atomic E-state index is -4.49. The molecule has 3 atom stereocenters. The maximum Gasteiger partial charge on any atom is 0.416 e. The minimum absolute atomic E-state index is 0.0298. The van der Waals surface area contributed by atoms with Crippen molar-refractivity contribution in [1.82, 2.24) is 9.21 Å². The summed E-state index contributed by atoms with van der Waals surface area (Å²) in [4.78, 5) is 14.3. The summed E-state index contributed by atoms with van der Waals surface area (Å²) in [6.07, 6.45) is -5.15. The van der Waals surface area contributed by atoms with Crippen molar-refractivity contribution in [3.05, 3.63) is 77.9 Å². The summed E-state index contributed by atoms with van der Waals surface area (Å²) in [5.74, 6) is -0.288. The second-order valence-electron chi connectivity index (χ2n) is 10.6. The van der Waals surface area contributed by atoms with Crippen LogP contribution in [0.15, 0.2) is 71.6 Å². The lowest BCUT2D eigenvalue weighted by atomic mass is 10.00. The number of benzene rings is 3. The van der Waals surface area contributed by atoms with Gasteiger partial charge in [0, 0.05) is 31.2 Å². The van der Waals surface area contributed by atoms with Crippen LogP contribution in [0.2, 0.25) is 0 Å². The quantitative estimate of drug-likeness (QED) is 0.381. The zero-order valence-corrected chi connectivity index (χ0v) is 24.5. The summed E-state index contributed by atoms with van der Waals surface area (Å²) < 4.78 is 73.8. The molecule has 0 bridgehead atoms. The number of nitrogens with zero attached hydrogens (tertiary/aromatic N) is 2. The number of aliphatic hydroxyl groups excluding tert-OH is 1. The van der Waals surface area contributed by atoms with Gasteiger partial charge in [-0.15, -0.1) is 0 Å². The minimum Gasteiger partial charge on any atom is -0.487 e. The average Bonchev–Trinajstić information content (AvgIpc) is 2.94. The van der Waals surface area contributed by atoms with Crippen LogP contribution in [0.1, 0.15) is 25.0 Å². The third-order valence-electron chi connectivity index (χ3n) is 7.39. The van der Waals surface area contributed by atoms with Gasteiger partial charge in [-0.2, -0.15) is 17.5 Å². The van der Waals surface area contributed by atoms with E-state index < -0.39 is 45.9 Å². The van der Waals surface area contributed by atoms with E-state index in [9.17, 15) is 31.5 Å². The van der Waals surface area contributed by atoms with E-state index in [2.05, 4.69) is 5.32 Å². The third kappa shape index (κ3) is 6.71. The predicted octanol–water partition coefficient (Wildman–Crippen LogP) is 5.61. The molecule has 1 heterocycles. The fourth-order valence-electron chi connectivity index (χ4n) is 4.82. The third-order valence-corrected chi connectivity index (χ3v) is 9.41. The number of anilines is 1. The number of halogens is 3. The lowest BCUT2D eigenvalue weighted by molar-refractivity contribution is -0.137. The fourth-order valence-corrected chi connectivity index (χ4v) is 6.65. The molecule has 0 saturated heterocycles. The van der Waals surface area contributed by atoms with Crippen molar-refractivity contribution in [3.8, 4) is 16.9 Å². The molecule has 2 amide bonds. The molecule has 3 aromatic rings. The van der Waals surface area contributed by atoms with Crippen LogP contribution in [0.3, 0.4) is 0 Å². The molecule has 1 aliphatic heterocycles. The number of aliphatic hydroxyl groups is 1. The Morgan fingerprint density at radius 2 is 1.81 bits per heavy atom. The highest BCUT2D eigenvalue weighted by Crippen LogP contribution is 2.37. The molecule has 42 heavy (non-hydrogen) atoms. The average molecular weight is 606 g/mol. The number of likely N-dealkylation sites (N-methyl/N-ethyl adjacent to an activating group) is 1. The second kappa shape index (κ2) is 12.3. The highest BCUT2D eigenvalue weighted by atomic mass is 32.2. The number of ether oxygens (including phenoxy) is 1. The Kier molecular flexibility index (Phi) is 9.19. The van der Waals surface area contributed by atoms with Gasteiger partial charge in [0.05, 0.1) is 18.7 Å². The lowest BCUT2D eigenvalue weighted by Crippen LogP contribution is -2.50. The molecule has 4 rings (SSSR count). The van der Waals surface area contributed by atoms with Crippen molar-refractivity contribution in [2.75, 3.05) is 32.1 Å². The zero-order chi connectivity index (χ0) is 30.8. The topological polar surface area (TPSA) is 99.2 Å². The molecular weight excluding hydrogens is 571 g/mol. The van der Waals surface area contributed by atoms with Crippen LogP contribution in [-0.2, 0) is 16.2 Å². The fraction of sp³-hybridized carbons (Fsp3) is 0.367. The monoisotopic (exact) mass is 605 g/mol. The number of carbonyl (C=O) groups excluding carboxylic acids is 1. The van der Waals surface area contributed by atoms with E-state index in [0.717, 1.165) is 28.8 Å². The van der Waals surface area contributed by atoms with Crippen molar-refractivity contribution >= 4 is 21.7 Å². The maximum absolute atomic E-state index is 13.8. The predicted molar refractivity (Wildman–Crippen MR) is 154 cm³/mol. The number of amides is 2. The molecule has 0 fully saturated rings. The van der Waals surface area contributed by atoms with Crippen molar-refractivity contribution in [2.45, 2.75) is 44.0 Å². The summed E-state index contributed by atoms with van der Waals surface area (Å²) in [5, 5.41) is 12.4. The number of hydrogen-bond acceptors (Lipinski definition) is 5. The van der Waals surface area contributed by atoms with E-state index >= 15 is 0 Å². The molecule has 12 heteroatoms. The van der Waals surface area contributed by atoms with Crippen molar-refractivity contribution < 1.29 is 36.2 Å². The Morgan fingerprint density at radius 3 is 2.43 bits per heavy atom. The summed E-state index contributed by atoms with van der Waals surface area (Å²) in [5.41, 5.74) is 2.01. The van der Waals surface area contributed by atoms with Gasteiger partial charge >= 0.3 is 12.2 Å². The van der Waals surface area contributed by atoms with Crippen LogP contribution in [0, 0.1) is 12.8 Å². The Balaban J connectivity index is 1.65. The van der Waals surface area contributed by atoms with E-state index in [4.69, 9.17) is 4.74 Å². The highest BCUT2D eigenvalue weighted by Gasteiger charge is 2.38. The molecule has 0 aromatic heterocycles. The molecule has 0 radical (unpaired) electrons. The van der Waals surface area contributed by atoms with E-state index in [-0.39, 0.29) is 36.0 Å². The molecular formula is C30H34F3N3O5S. The number of urea groups is 1. The second-order valence-corrected chi connectivity index (χ2v) is 12.5. The number of nitrogens with one attached hydrogen (secondary N) is 1. The van der Waals surface area contributed by atoms with Crippen LogP contribution in [-0.4, -0.2) is 67.7 Å². The van der Waals surface area contributed by atoms with Crippen LogP contribution >= 0.6 is 0 Å². The first-order chi connectivity index (χ1) is 19.7. The van der Waals surface area contributed by atoms with E-state index in [0.29, 0.717) is 0 Å². The first-order valence-corrected chi connectivity index (χ1v) is 14.8. The van der Waals surface area contributed by atoms with E-state index in [1.54, 1.807) is 26.0 Å². The van der Waals surface area contributed by atoms with Gasteiger partial charge in [0.15, 0.2) is 0 Å². The summed E-state index contributed by atoms with van der Waals surface area (Å²) in [7, 11) is -2.53. The molecule has 0 spiro atoms. The number of rotatable bonds is 6. The molecule has 1 aliphatic rings. The van der Waals surface area contributed by atoms with Gasteiger partial charge in [-0.1, -0.05) is 37.3 Å². The normalized spacial score (nSPS) is 19.5. The van der Waals surface area contributed by atoms with Crippen LogP contribution < -0.4 is 10.1 Å². The standard InChI is InChI=1S/C30H34F3N3O5S/c1-19-7-5-6-8-25(19)22-9-14-28-26(15-22)41-27(20(2)16-36(21(3)18-37)42(28,39)40)17-35(4)29(38)34-24-12-10-23(11-13-24)30(31,32)33/h5-15,20-21,27,37H,16-18H2,1-4H3,(H,34,38)/t20-,21-,27-/m1/s1. The maximum atomic E-state index is 13.8. The van der Waals surface area contributed by atoms with Crippen LogP contribution in [0.25, 0.3) is 11.1 Å². The lowest BCUT2D eigenvalue weighted by Gasteiger charge is -2.37. The number of aryl methyl sites for hydroxylation is 1. The van der Waals surface area contributed by atoms with Gasteiger partial charge in [0.1, 0.15) is 16.7 Å². The number of carbonyl (C=O) groups is 1. The highest BCUT2D eigenvalue weighted by molar-refractivity contribution is 7.89. The smallest absolute Gasteiger partial charge is 0.416 e. The number of sulfonamides is 1. The van der Waals surface area contributed by atoms with Gasteiger partial charge in [-0.05, 0) is 66.9 Å². The van der Waals surface area contributed by atoms with Crippen molar-refractivity contribution in [3.63, 3.8) is 0 Å². The molecule has 8 nitrogen and oxygen atoms in total. The number of alkyl halides is 3. The van der Waals surface area contributed by atoms with E-state index in [1.807, 2.05) is 31.2 Å². The van der Waals surface area contributed by atoms with Crippen molar-refractivity contribution in [1.29, 1.82) is 0 Å². The van der Waals surface area contributed by atoms with Gasteiger partial charge in [0.2, 0.25) is 10.0 Å². The first-order valence-electron chi connectivity index (χ1n) is 13.4. The Labute approximate surface area is 243 Å². The summed E-state index contributed by atoms with van der Waals surface area (Å²) in [6.45, 7) is 5.06. The zero-order valence-electron chi connectivity index (χ0n) is 23.7. The SMILES string of the molecule is Cc1ccccc1-c1ccc2c(c1)O[C@H](CN(C)C(=O)Nc1ccc(C(F)(F)F)cc1)[C@H](C)CN([C@H](C)CO)S2(=O)=O. The van der Waals surface area contributed by atoms with Gasteiger partial charge in [-0.3, -0.25) is 0 Å². The van der Waals surface area contributed by atoms with Crippen molar-refractivity contribution in [2.24, 2.45) is 5.92 Å². The van der Waals surface area contributed by atoms with Crippen LogP contribution in [0.4, 0.5) is 23.7 Å². The Morgan fingerprint density at radius 1 is 1.14 bits per heavy atom. The molecule has 0 aliphatic carbocycles. The summed E-state index contributed by atoms with van der Waals surface area (Å²) >= 11 is 0. The van der Waals surface area contributed by atoms with Gasteiger partial charge in [-0.25, -0.2) is 13.2 Å². The summed E-state index contributed by atoms with van der Waals surface area (Å²) in [6, 6.07) is 15.4. The van der Waals surface area contributed by atoms with Gasteiger partial charge in [0.25, 0.3) is 0 Å². The molecule has 0 saturated carbocycles. The number of fused-ring (bicyclic) bond motifs is 1. The Hall–Kier alpha value is -3.61. The molecule has 0 unspecified atom stereocenters. The van der Waals surface area contributed by atoms with E-state index in [1.165, 1.54) is 34.5 Å². The van der Waals surface area contributed by atoms with Crippen LogP contribution in [0.5, 0.6) is 5.75 Å². The number of hydrogen-bond donors (Lipinski definition) is 2. The molecule has 2 N–H and O–H groups in total. The molecule has 226 valence electrons. The molecule has 3 aromatic carbocycles.